The Morgan fingerprint density at radius 2 is 1.56 bits per heavy atom. The third kappa shape index (κ3) is 10.4. The molecule has 0 bridgehead atoms. The molecule has 3 unspecified atom stereocenters. The maximum absolute atomic E-state index is 12.1. The topological polar surface area (TPSA) is 237 Å². The molecule has 0 saturated heterocycles. The molecule has 13 nitrogen and oxygen atoms in total. The molecule has 0 aliphatic carbocycles. The minimum absolute atomic E-state index is 0.0679. The first-order valence-electron chi connectivity index (χ1n) is 7.86. The van der Waals surface area contributed by atoms with E-state index < -0.39 is 66.6 Å². The highest BCUT2D eigenvalue weighted by Crippen LogP contribution is 1.98. The number of nitrogens with two attached hydrogens (primary N) is 3. The summed E-state index contributed by atoms with van der Waals surface area (Å²) in [6, 6.07) is -3.72. The summed E-state index contributed by atoms with van der Waals surface area (Å²) in [5.41, 5.74) is 15.5. The van der Waals surface area contributed by atoms with Gasteiger partial charge in [-0.05, 0) is 13.3 Å². The van der Waals surface area contributed by atoms with Crippen LogP contribution < -0.4 is 33.2 Å². The van der Waals surface area contributed by atoms with E-state index in [1.807, 2.05) is 0 Å². The number of carboxylic acids is 1. The van der Waals surface area contributed by atoms with E-state index in [2.05, 4.69) is 16.0 Å². The van der Waals surface area contributed by atoms with Crippen LogP contribution >= 0.6 is 0 Å². The van der Waals surface area contributed by atoms with Crippen molar-refractivity contribution in [1.82, 2.24) is 16.0 Å². The summed E-state index contributed by atoms with van der Waals surface area (Å²) in [5.74, 6) is -5.33. The van der Waals surface area contributed by atoms with Crippen LogP contribution in [0, 0.1) is 0 Å². The molecule has 0 spiro atoms. The second kappa shape index (κ2) is 11.4. The third-order valence-corrected chi connectivity index (χ3v) is 3.25. The van der Waals surface area contributed by atoms with Gasteiger partial charge in [0, 0.05) is 6.42 Å². The minimum atomic E-state index is -1.40. The number of aliphatic carboxylic acids is 1. The van der Waals surface area contributed by atoms with E-state index in [0.717, 1.165) is 0 Å². The van der Waals surface area contributed by atoms with E-state index in [1.165, 1.54) is 6.92 Å². The zero-order valence-corrected chi connectivity index (χ0v) is 14.7. The molecule has 0 heterocycles. The first-order chi connectivity index (χ1) is 12.4. The van der Waals surface area contributed by atoms with Crippen molar-refractivity contribution in [3.63, 3.8) is 0 Å². The van der Waals surface area contributed by atoms with E-state index in [0.29, 0.717) is 0 Å². The van der Waals surface area contributed by atoms with Crippen molar-refractivity contribution in [3.05, 3.63) is 0 Å². The van der Waals surface area contributed by atoms with Gasteiger partial charge in [0.25, 0.3) is 0 Å². The smallest absolute Gasteiger partial charge is 0.325 e. The quantitative estimate of drug-likeness (QED) is 0.172. The summed E-state index contributed by atoms with van der Waals surface area (Å²) >= 11 is 0. The SMILES string of the molecule is CC(NC(=O)CNC(=O)C(CC(N)=O)NC(=O)C(N)CCC(N)=O)C(=O)O. The van der Waals surface area contributed by atoms with Crippen LogP contribution in [0.1, 0.15) is 26.2 Å². The molecule has 0 aliphatic heterocycles. The normalized spacial score (nSPS) is 13.6. The number of hydrogen-bond donors (Lipinski definition) is 7. The maximum atomic E-state index is 12.1. The highest BCUT2D eigenvalue weighted by Gasteiger charge is 2.26. The maximum Gasteiger partial charge on any atom is 0.325 e. The predicted octanol–water partition coefficient (Wildman–Crippen LogP) is -4.36. The molecule has 0 rings (SSSR count). The number of carbonyl (C=O) groups excluding carboxylic acids is 5. The molecule has 0 aromatic rings. The van der Waals surface area contributed by atoms with Crippen molar-refractivity contribution in [2.75, 3.05) is 6.54 Å². The molecule has 10 N–H and O–H groups in total. The van der Waals surface area contributed by atoms with Crippen molar-refractivity contribution >= 4 is 35.5 Å². The van der Waals surface area contributed by atoms with Crippen LogP contribution in [0.2, 0.25) is 0 Å². The van der Waals surface area contributed by atoms with Crippen LogP contribution in [-0.4, -0.2) is 65.3 Å². The summed E-state index contributed by atoms with van der Waals surface area (Å²) in [4.78, 5) is 68.0. The van der Waals surface area contributed by atoms with E-state index >= 15 is 0 Å². The first-order valence-corrected chi connectivity index (χ1v) is 7.86. The average molecular weight is 388 g/mol. The van der Waals surface area contributed by atoms with Gasteiger partial charge in [-0.1, -0.05) is 0 Å². The number of rotatable bonds is 12. The number of nitrogens with one attached hydrogen (secondary N) is 3. The summed E-state index contributed by atoms with van der Waals surface area (Å²) in [7, 11) is 0. The molecule has 0 aromatic carbocycles. The summed E-state index contributed by atoms with van der Waals surface area (Å²) < 4.78 is 0. The predicted molar refractivity (Wildman–Crippen MR) is 90.4 cm³/mol. The van der Waals surface area contributed by atoms with Crippen LogP contribution in [0.15, 0.2) is 0 Å². The third-order valence-electron chi connectivity index (χ3n) is 3.25. The Hall–Kier alpha value is -3.22. The number of carboxylic acid groups (broad SMARTS) is 1. The molecule has 0 radical (unpaired) electrons. The number of primary amides is 2. The zero-order valence-electron chi connectivity index (χ0n) is 14.7. The molecular weight excluding hydrogens is 364 g/mol. The van der Waals surface area contributed by atoms with Crippen molar-refractivity contribution in [3.8, 4) is 0 Å². The zero-order chi connectivity index (χ0) is 21.1. The van der Waals surface area contributed by atoms with Crippen molar-refractivity contribution in [2.24, 2.45) is 17.2 Å². The molecule has 13 heteroatoms. The standard InChI is InChI=1S/C14H24N6O7/c1-6(14(26)27)19-11(23)5-18-13(25)8(4-10(17)22)20-12(24)7(15)2-3-9(16)21/h6-8H,2-5,15H2,1H3,(H2,16,21)(H2,17,22)(H,18,25)(H,19,23)(H,20,24)(H,26,27). The van der Waals surface area contributed by atoms with Gasteiger partial charge in [0.15, 0.2) is 0 Å². The number of amides is 5. The molecule has 0 saturated carbocycles. The van der Waals surface area contributed by atoms with Gasteiger partial charge in [0.1, 0.15) is 12.1 Å². The van der Waals surface area contributed by atoms with Gasteiger partial charge in [0.05, 0.1) is 19.0 Å². The van der Waals surface area contributed by atoms with Crippen LogP contribution in [0.5, 0.6) is 0 Å². The Morgan fingerprint density at radius 3 is 2.04 bits per heavy atom. The van der Waals surface area contributed by atoms with Gasteiger partial charge in [-0.3, -0.25) is 28.8 Å². The van der Waals surface area contributed by atoms with Crippen LogP contribution in [0.3, 0.4) is 0 Å². The van der Waals surface area contributed by atoms with Gasteiger partial charge in [-0.2, -0.15) is 0 Å². The fraction of sp³-hybridized carbons (Fsp3) is 0.571. The van der Waals surface area contributed by atoms with Crippen LogP contribution in [-0.2, 0) is 28.8 Å². The highest BCUT2D eigenvalue weighted by atomic mass is 16.4. The lowest BCUT2D eigenvalue weighted by atomic mass is 10.1. The van der Waals surface area contributed by atoms with E-state index in [9.17, 15) is 28.8 Å². The average Bonchev–Trinajstić information content (AvgIpc) is 2.55. The number of carbonyl (C=O) groups is 6. The van der Waals surface area contributed by atoms with E-state index in [-0.39, 0.29) is 12.8 Å². The molecular formula is C14H24N6O7. The van der Waals surface area contributed by atoms with Gasteiger partial charge < -0.3 is 38.3 Å². The lowest BCUT2D eigenvalue weighted by molar-refractivity contribution is -0.141. The van der Waals surface area contributed by atoms with Crippen LogP contribution in [0.4, 0.5) is 0 Å². The highest BCUT2D eigenvalue weighted by molar-refractivity contribution is 5.95. The lowest BCUT2D eigenvalue weighted by Gasteiger charge is -2.19. The van der Waals surface area contributed by atoms with E-state index in [4.69, 9.17) is 22.3 Å². The molecule has 27 heavy (non-hydrogen) atoms. The van der Waals surface area contributed by atoms with Crippen molar-refractivity contribution in [1.29, 1.82) is 0 Å². The Kier molecular flexibility index (Phi) is 10.0. The second-order valence-electron chi connectivity index (χ2n) is 5.69. The molecule has 0 aromatic heterocycles. The van der Waals surface area contributed by atoms with Gasteiger partial charge in [-0.15, -0.1) is 0 Å². The largest absolute Gasteiger partial charge is 0.480 e. The van der Waals surface area contributed by atoms with Crippen LogP contribution in [0.25, 0.3) is 0 Å². The monoisotopic (exact) mass is 388 g/mol. The fourth-order valence-corrected chi connectivity index (χ4v) is 1.76. The number of hydrogen-bond acceptors (Lipinski definition) is 7. The van der Waals surface area contributed by atoms with Crippen molar-refractivity contribution in [2.45, 2.75) is 44.3 Å². The summed E-state index contributed by atoms with van der Waals surface area (Å²) in [5, 5.41) is 15.1. The molecule has 0 fully saturated rings. The molecule has 152 valence electrons. The van der Waals surface area contributed by atoms with Gasteiger partial charge in [-0.25, -0.2) is 0 Å². The Morgan fingerprint density at radius 1 is 0.963 bits per heavy atom. The molecule has 3 atom stereocenters. The van der Waals surface area contributed by atoms with E-state index in [1.54, 1.807) is 0 Å². The minimum Gasteiger partial charge on any atom is -0.480 e. The van der Waals surface area contributed by atoms with Gasteiger partial charge >= 0.3 is 5.97 Å². The molecule has 0 aliphatic rings. The van der Waals surface area contributed by atoms with Gasteiger partial charge in [0.2, 0.25) is 29.5 Å². The summed E-state index contributed by atoms with van der Waals surface area (Å²) in [6.45, 7) is 0.640. The Balaban J connectivity index is 4.73. The second-order valence-corrected chi connectivity index (χ2v) is 5.69. The fourth-order valence-electron chi connectivity index (χ4n) is 1.76. The Bertz CT molecular complexity index is 609. The summed E-state index contributed by atoms with van der Waals surface area (Å²) in [6.07, 6.45) is -0.780. The molecule has 5 amide bonds. The first kappa shape index (κ1) is 23.8. The lowest BCUT2D eigenvalue weighted by Crippen LogP contribution is -2.54. The van der Waals surface area contributed by atoms with Crippen molar-refractivity contribution < 1.29 is 33.9 Å². The Labute approximate surface area is 154 Å².